The van der Waals surface area contributed by atoms with Crippen LogP contribution in [-0.2, 0) is 9.53 Å². The number of carbonyl (C=O) groups excluding carboxylic acids is 1. The van der Waals surface area contributed by atoms with E-state index in [-0.39, 0.29) is 5.97 Å². The number of likely N-dealkylation sites (tertiary alicyclic amines) is 1. The van der Waals surface area contributed by atoms with E-state index in [1.54, 1.807) is 0 Å². The summed E-state index contributed by atoms with van der Waals surface area (Å²) in [5.74, 6) is 0.714. The highest BCUT2D eigenvalue weighted by Crippen LogP contribution is 2.34. The van der Waals surface area contributed by atoms with Gasteiger partial charge in [0.05, 0.1) is 7.11 Å². The average molecular weight is 282 g/mol. The Hall–Kier alpha value is -0.610. The van der Waals surface area contributed by atoms with Crippen LogP contribution in [0.4, 0.5) is 0 Å². The van der Waals surface area contributed by atoms with Gasteiger partial charge in [-0.05, 0) is 58.4 Å². The third-order valence-electron chi connectivity index (χ3n) is 4.84. The number of carbonyl (C=O) groups is 1. The van der Waals surface area contributed by atoms with Gasteiger partial charge in [-0.2, -0.15) is 0 Å². The van der Waals surface area contributed by atoms with E-state index in [2.05, 4.69) is 31.0 Å². The van der Waals surface area contributed by atoms with Crippen molar-refractivity contribution in [1.29, 1.82) is 0 Å². The topological polar surface area (TPSA) is 41.6 Å². The molecule has 0 radical (unpaired) electrons. The molecule has 1 saturated heterocycles. The predicted octanol–water partition coefficient (Wildman–Crippen LogP) is 2.18. The predicted molar refractivity (Wildman–Crippen MR) is 80.6 cm³/mol. The minimum Gasteiger partial charge on any atom is -0.468 e. The molecular formula is C16H30N2O2. The first-order chi connectivity index (χ1) is 9.47. The maximum Gasteiger partial charge on any atom is 0.326 e. The molecule has 0 bridgehead atoms. The van der Waals surface area contributed by atoms with Crippen molar-refractivity contribution in [2.24, 2.45) is 5.92 Å². The van der Waals surface area contributed by atoms with Crippen LogP contribution >= 0.6 is 0 Å². The Morgan fingerprint density at radius 2 is 2.15 bits per heavy atom. The molecule has 4 heteroatoms. The molecule has 2 aliphatic rings. The summed E-state index contributed by atoms with van der Waals surface area (Å²) in [5, 5.41) is 3.51. The molecule has 1 aliphatic heterocycles. The largest absolute Gasteiger partial charge is 0.468 e. The lowest BCUT2D eigenvalue weighted by atomic mass is 9.78. The lowest BCUT2D eigenvalue weighted by Gasteiger charge is -2.43. The Bertz CT molecular complexity index is 345. The minimum absolute atomic E-state index is 0.0804. The molecule has 3 unspecified atom stereocenters. The number of methoxy groups -OCH3 is 1. The highest BCUT2D eigenvalue weighted by molar-refractivity contribution is 5.81. The number of esters is 1. The number of hydrogen-bond acceptors (Lipinski definition) is 4. The lowest BCUT2D eigenvalue weighted by Crippen LogP contribution is -2.60. The van der Waals surface area contributed by atoms with Crippen molar-refractivity contribution in [2.45, 2.75) is 70.5 Å². The van der Waals surface area contributed by atoms with Crippen LogP contribution in [0.15, 0.2) is 0 Å². The summed E-state index contributed by atoms with van der Waals surface area (Å²) in [6.07, 6.45) is 5.40. The molecule has 0 aromatic heterocycles. The molecule has 20 heavy (non-hydrogen) atoms. The fourth-order valence-electron chi connectivity index (χ4n) is 3.98. The van der Waals surface area contributed by atoms with E-state index < -0.39 is 5.54 Å². The van der Waals surface area contributed by atoms with Gasteiger partial charge in [0.2, 0.25) is 0 Å². The second-order valence-electron chi connectivity index (χ2n) is 7.01. The van der Waals surface area contributed by atoms with Crippen LogP contribution in [-0.4, -0.2) is 48.7 Å². The van der Waals surface area contributed by atoms with Crippen LogP contribution in [0, 0.1) is 5.92 Å². The van der Waals surface area contributed by atoms with Crippen LogP contribution in [0.3, 0.4) is 0 Å². The van der Waals surface area contributed by atoms with Crippen LogP contribution < -0.4 is 5.32 Å². The molecule has 1 heterocycles. The second-order valence-corrected chi connectivity index (χ2v) is 7.01. The van der Waals surface area contributed by atoms with Crippen LogP contribution in [0.25, 0.3) is 0 Å². The molecule has 3 atom stereocenters. The molecule has 4 nitrogen and oxygen atoms in total. The van der Waals surface area contributed by atoms with Crippen molar-refractivity contribution in [1.82, 2.24) is 10.2 Å². The first kappa shape index (κ1) is 15.8. The summed E-state index contributed by atoms with van der Waals surface area (Å²) < 4.78 is 5.11. The lowest BCUT2D eigenvalue weighted by molar-refractivity contribution is -0.151. The van der Waals surface area contributed by atoms with E-state index in [9.17, 15) is 4.79 Å². The van der Waals surface area contributed by atoms with Gasteiger partial charge in [0.15, 0.2) is 0 Å². The Kier molecular flexibility index (Phi) is 5.08. The first-order valence-corrected chi connectivity index (χ1v) is 8.07. The molecule has 0 aromatic rings. The molecule has 2 fully saturated rings. The number of rotatable bonds is 4. The molecule has 0 amide bonds. The van der Waals surface area contributed by atoms with Gasteiger partial charge in [-0.25, -0.2) is 0 Å². The van der Waals surface area contributed by atoms with E-state index in [0.29, 0.717) is 12.1 Å². The molecule has 0 spiro atoms. The molecule has 1 aliphatic carbocycles. The number of nitrogens with one attached hydrogen (secondary N) is 1. The van der Waals surface area contributed by atoms with Gasteiger partial charge in [0.25, 0.3) is 0 Å². The zero-order valence-corrected chi connectivity index (χ0v) is 13.4. The minimum atomic E-state index is -0.475. The van der Waals surface area contributed by atoms with Crippen molar-refractivity contribution in [3.05, 3.63) is 0 Å². The number of hydrogen-bond donors (Lipinski definition) is 1. The van der Waals surface area contributed by atoms with Gasteiger partial charge in [-0.3, -0.25) is 10.1 Å². The standard InChI is InChI=1S/C16H30N2O2/c1-12(2)17-16(15(19)20-4)8-5-6-14(10-16)18-9-7-13(3)11-18/h12-14,17H,5-11H2,1-4H3. The number of nitrogens with zero attached hydrogens (tertiary/aromatic N) is 1. The fourth-order valence-corrected chi connectivity index (χ4v) is 3.98. The third-order valence-corrected chi connectivity index (χ3v) is 4.84. The van der Waals surface area contributed by atoms with Crippen molar-refractivity contribution in [3.8, 4) is 0 Å². The first-order valence-electron chi connectivity index (χ1n) is 8.07. The summed E-state index contributed by atoms with van der Waals surface area (Å²) in [6, 6.07) is 0.824. The van der Waals surface area contributed by atoms with E-state index >= 15 is 0 Å². The summed E-state index contributed by atoms with van der Waals surface area (Å²) in [5.41, 5.74) is -0.475. The van der Waals surface area contributed by atoms with Gasteiger partial charge in [0, 0.05) is 18.6 Å². The summed E-state index contributed by atoms with van der Waals surface area (Å²) in [6.45, 7) is 8.90. The molecule has 2 rings (SSSR count). The zero-order valence-electron chi connectivity index (χ0n) is 13.4. The molecule has 1 N–H and O–H groups in total. The van der Waals surface area contributed by atoms with Crippen molar-refractivity contribution < 1.29 is 9.53 Å². The van der Waals surface area contributed by atoms with Crippen molar-refractivity contribution >= 4 is 5.97 Å². The van der Waals surface area contributed by atoms with E-state index in [1.807, 2.05) is 0 Å². The van der Waals surface area contributed by atoms with Crippen molar-refractivity contribution in [3.63, 3.8) is 0 Å². The monoisotopic (exact) mass is 282 g/mol. The Morgan fingerprint density at radius 3 is 2.70 bits per heavy atom. The fraction of sp³-hybridized carbons (Fsp3) is 0.938. The van der Waals surface area contributed by atoms with Crippen LogP contribution in [0.5, 0.6) is 0 Å². The Morgan fingerprint density at radius 1 is 1.40 bits per heavy atom. The van der Waals surface area contributed by atoms with E-state index in [1.165, 1.54) is 33.0 Å². The average Bonchev–Trinajstić information content (AvgIpc) is 2.84. The third kappa shape index (κ3) is 3.34. The highest BCUT2D eigenvalue weighted by Gasteiger charge is 2.45. The summed E-state index contributed by atoms with van der Waals surface area (Å²) >= 11 is 0. The van der Waals surface area contributed by atoms with Crippen LogP contribution in [0.1, 0.15) is 52.9 Å². The van der Waals surface area contributed by atoms with E-state index in [0.717, 1.165) is 25.2 Å². The molecule has 1 saturated carbocycles. The maximum absolute atomic E-state index is 12.3. The van der Waals surface area contributed by atoms with Gasteiger partial charge < -0.3 is 9.64 Å². The van der Waals surface area contributed by atoms with Gasteiger partial charge in [-0.1, -0.05) is 6.92 Å². The van der Waals surface area contributed by atoms with Gasteiger partial charge in [-0.15, -0.1) is 0 Å². The highest BCUT2D eigenvalue weighted by atomic mass is 16.5. The van der Waals surface area contributed by atoms with Crippen LogP contribution in [0.2, 0.25) is 0 Å². The second kappa shape index (κ2) is 6.44. The van der Waals surface area contributed by atoms with Gasteiger partial charge in [0.1, 0.15) is 5.54 Å². The zero-order chi connectivity index (χ0) is 14.8. The smallest absolute Gasteiger partial charge is 0.326 e. The number of ether oxygens (including phenoxy) is 1. The molecule has 0 aromatic carbocycles. The summed E-state index contributed by atoms with van der Waals surface area (Å²) in [4.78, 5) is 14.9. The van der Waals surface area contributed by atoms with E-state index in [4.69, 9.17) is 4.74 Å². The van der Waals surface area contributed by atoms with Crippen molar-refractivity contribution in [2.75, 3.05) is 20.2 Å². The quantitative estimate of drug-likeness (QED) is 0.803. The molecular weight excluding hydrogens is 252 g/mol. The normalized spacial score (nSPS) is 35.5. The summed E-state index contributed by atoms with van der Waals surface area (Å²) in [7, 11) is 1.51. The Balaban J connectivity index is 2.10. The Labute approximate surface area is 123 Å². The maximum atomic E-state index is 12.3. The molecule has 116 valence electrons. The SMILES string of the molecule is COC(=O)C1(NC(C)C)CCCC(N2CCC(C)C2)C1. The van der Waals surface area contributed by atoms with Gasteiger partial charge >= 0.3 is 5.97 Å².